The largest absolute Gasteiger partial charge is 0.468 e. The molecule has 1 fully saturated rings. The number of furan rings is 1. The van der Waals surface area contributed by atoms with Crippen molar-refractivity contribution in [2.45, 2.75) is 20.0 Å². The van der Waals surface area contributed by atoms with Crippen molar-refractivity contribution in [3.63, 3.8) is 0 Å². The van der Waals surface area contributed by atoms with Gasteiger partial charge in [0.25, 0.3) is 0 Å². The first-order chi connectivity index (χ1) is 10.2. The third kappa shape index (κ3) is 3.64. The second kappa shape index (κ2) is 6.60. The standard InChI is InChI=1S/C15H21N3O2S/c1-13-12-21-15(19)18(13)9-8-16-4-6-17(7-5-16)11-14-3-2-10-20-14/h2-3,10,12H,4-9,11H2,1H3. The molecule has 0 atom stereocenters. The second-order valence-electron chi connectivity index (χ2n) is 5.49. The number of nitrogens with zero attached hydrogens (tertiary/aromatic N) is 3. The van der Waals surface area contributed by atoms with E-state index in [0.717, 1.165) is 57.3 Å². The fraction of sp³-hybridized carbons (Fsp3) is 0.533. The van der Waals surface area contributed by atoms with Crippen molar-refractivity contribution in [3.05, 3.63) is 44.9 Å². The van der Waals surface area contributed by atoms with Gasteiger partial charge in [-0.2, -0.15) is 0 Å². The van der Waals surface area contributed by atoms with E-state index in [1.54, 1.807) is 6.26 Å². The zero-order valence-electron chi connectivity index (χ0n) is 12.3. The van der Waals surface area contributed by atoms with Crippen molar-refractivity contribution in [2.24, 2.45) is 0 Å². The van der Waals surface area contributed by atoms with Gasteiger partial charge in [-0.25, -0.2) is 0 Å². The quantitative estimate of drug-likeness (QED) is 0.842. The lowest BCUT2D eigenvalue weighted by molar-refractivity contribution is 0.118. The Balaban J connectivity index is 1.45. The molecule has 114 valence electrons. The van der Waals surface area contributed by atoms with Crippen molar-refractivity contribution >= 4 is 11.3 Å². The van der Waals surface area contributed by atoms with Crippen LogP contribution in [0.4, 0.5) is 0 Å². The Labute approximate surface area is 128 Å². The van der Waals surface area contributed by atoms with Gasteiger partial charge >= 0.3 is 4.87 Å². The topological polar surface area (TPSA) is 41.6 Å². The van der Waals surface area contributed by atoms with E-state index < -0.39 is 0 Å². The Morgan fingerprint density at radius 2 is 1.95 bits per heavy atom. The van der Waals surface area contributed by atoms with Crippen molar-refractivity contribution in [3.8, 4) is 0 Å². The molecule has 21 heavy (non-hydrogen) atoms. The van der Waals surface area contributed by atoms with Crippen LogP contribution < -0.4 is 4.87 Å². The van der Waals surface area contributed by atoms with Crippen LogP contribution in [-0.2, 0) is 13.1 Å². The molecular formula is C15H21N3O2S. The van der Waals surface area contributed by atoms with Crippen LogP contribution in [0.3, 0.4) is 0 Å². The highest BCUT2D eigenvalue weighted by atomic mass is 32.1. The van der Waals surface area contributed by atoms with Crippen molar-refractivity contribution < 1.29 is 4.42 Å². The maximum absolute atomic E-state index is 11.7. The third-order valence-electron chi connectivity index (χ3n) is 4.04. The van der Waals surface area contributed by atoms with E-state index in [2.05, 4.69) is 9.80 Å². The van der Waals surface area contributed by atoms with Gasteiger partial charge in [-0.05, 0) is 19.1 Å². The van der Waals surface area contributed by atoms with Crippen LogP contribution in [0.1, 0.15) is 11.5 Å². The van der Waals surface area contributed by atoms with Crippen LogP contribution in [0.15, 0.2) is 33.0 Å². The van der Waals surface area contributed by atoms with Gasteiger partial charge in [0.15, 0.2) is 0 Å². The molecule has 3 heterocycles. The van der Waals surface area contributed by atoms with E-state index in [0.29, 0.717) is 0 Å². The minimum Gasteiger partial charge on any atom is -0.468 e. The van der Waals surface area contributed by atoms with E-state index in [9.17, 15) is 4.79 Å². The van der Waals surface area contributed by atoms with Crippen LogP contribution in [0.25, 0.3) is 0 Å². The van der Waals surface area contributed by atoms with E-state index >= 15 is 0 Å². The van der Waals surface area contributed by atoms with Crippen molar-refractivity contribution in [1.82, 2.24) is 14.4 Å². The molecule has 1 aliphatic rings. The Morgan fingerprint density at radius 1 is 1.19 bits per heavy atom. The molecule has 1 aliphatic heterocycles. The molecule has 0 spiro atoms. The van der Waals surface area contributed by atoms with Crippen molar-refractivity contribution in [2.75, 3.05) is 32.7 Å². The zero-order chi connectivity index (χ0) is 14.7. The van der Waals surface area contributed by atoms with Crippen LogP contribution in [0.2, 0.25) is 0 Å². The molecule has 0 aliphatic carbocycles. The summed E-state index contributed by atoms with van der Waals surface area (Å²) in [5, 5.41) is 1.93. The Hall–Kier alpha value is -1.37. The summed E-state index contributed by atoms with van der Waals surface area (Å²) in [4.78, 5) is 16.7. The summed E-state index contributed by atoms with van der Waals surface area (Å²) >= 11 is 1.29. The van der Waals surface area contributed by atoms with E-state index in [1.807, 2.05) is 29.0 Å². The minimum atomic E-state index is 0.156. The fourth-order valence-corrected chi connectivity index (χ4v) is 3.47. The molecule has 2 aromatic heterocycles. The normalized spacial score (nSPS) is 17.4. The lowest BCUT2D eigenvalue weighted by Crippen LogP contribution is -2.47. The summed E-state index contributed by atoms with van der Waals surface area (Å²) in [5.41, 5.74) is 1.07. The highest BCUT2D eigenvalue weighted by Gasteiger charge is 2.17. The highest BCUT2D eigenvalue weighted by Crippen LogP contribution is 2.09. The van der Waals surface area contributed by atoms with Crippen LogP contribution in [-0.4, -0.2) is 47.1 Å². The Kier molecular flexibility index (Phi) is 4.57. The molecule has 0 unspecified atom stereocenters. The van der Waals surface area contributed by atoms with Gasteiger partial charge in [-0.15, -0.1) is 0 Å². The first-order valence-electron chi connectivity index (χ1n) is 7.34. The molecule has 5 nitrogen and oxygen atoms in total. The molecule has 3 rings (SSSR count). The monoisotopic (exact) mass is 307 g/mol. The lowest BCUT2D eigenvalue weighted by atomic mass is 10.3. The third-order valence-corrected chi connectivity index (χ3v) is 4.92. The number of rotatable bonds is 5. The molecule has 0 aromatic carbocycles. The van der Waals surface area contributed by atoms with Crippen LogP contribution >= 0.6 is 11.3 Å². The number of piperazine rings is 1. The number of hydrogen-bond donors (Lipinski definition) is 0. The Bertz CT molecular complexity index is 609. The summed E-state index contributed by atoms with van der Waals surface area (Å²) in [5.74, 6) is 1.03. The molecule has 0 N–H and O–H groups in total. The first-order valence-corrected chi connectivity index (χ1v) is 8.22. The molecule has 1 saturated heterocycles. The molecule has 0 amide bonds. The molecule has 2 aromatic rings. The molecule has 0 bridgehead atoms. The molecule has 0 saturated carbocycles. The molecule has 6 heteroatoms. The molecular weight excluding hydrogens is 286 g/mol. The summed E-state index contributed by atoms with van der Waals surface area (Å²) < 4.78 is 7.27. The van der Waals surface area contributed by atoms with Gasteiger partial charge < -0.3 is 8.98 Å². The zero-order valence-corrected chi connectivity index (χ0v) is 13.1. The maximum atomic E-state index is 11.7. The van der Waals surface area contributed by atoms with Gasteiger partial charge in [-0.3, -0.25) is 14.6 Å². The SMILES string of the molecule is Cc1csc(=O)n1CCN1CCN(Cc2ccco2)CC1. The van der Waals surface area contributed by atoms with E-state index in [-0.39, 0.29) is 4.87 Å². The van der Waals surface area contributed by atoms with Gasteiger partial charge in [0.1, 0.15) is 5.76 Å². The van der Waals surface area contributed by atoms with Crippen LogP contribution in [0, 0.1) is 6.92 Å². The predicted molar refractivity (Wildman–Crippen MR) is 83.7 cm³/mol. The fourth-order valence-electron chi connectivity index (χ4n) is 2.71. The molecule has 0 radical (unpaired) electrons. The Morgan fingerprint density at radius 3 is 2.57 bits per heavy atom. The minimum absolute atomic E-state index is 0.156. The first kappa shape index (κ1) is 14.6. The summed E-state index contributed by atoms with van der Waals surface area (Å²) in [6.07, 6.45) is 1.73. The van der Waals surface area contributed by atoms with E-state index in [4.69, 9.17) is 4.42 Å². The van der Waals surface area contributed by atoms with Gasteiger partial charge in [0, 0.05) is 50.3 Å². The van der Waals surface area contributed by atoms with Gasteiger partial charge in [-0.1, -0.05) is 11.3 Å². The second-order valence-corrected chi connectivity index (χ2v) is 6.31. The van der Waals surface area contributed by atoms with Gasteiger partial charge in [0.2, 0.25) is 0 Å². The smallest absolute Gasteiger partial charge is 0.307 e. The lowest BCUT2D eigenvalue weighted by Gasteiger charge is -2.34. The maximum Gasteiger partial charge on any atom is 0.307 e. The summed E-state index contributed by atoms with van der Waals surface area (Å²) in [6.45, 7) is 8.86. The average Bonchev–Trinajstić information content (AvgIpc) is 3.10. The number of aromatic nitrogens is 1. The van der Waals surface area contributed by atoms with Crippen molar-refractivity contribution in [1.29, 1.82) is 0 Å². The number of hydrogen-bond acceptors (Lipinski definition) is 5. The van der Waals surface area contributed by atoms with Gasteiger partial charge in [0.05, 0.1) is 12.8 Å². The summed E-state index contributed by atoms with van der Waals surface area (Å²) in [7, 11) is 0. The van der Waals surface area contributed by atoms with E-state index in [1.165, 1.54) is 11.3 Å². The average molecular weight is 307 g/mol. The number of thiazole rings is 1. The summed E-state index contributed by atoms with van der Waals surface area (Å²) in [6, 6.07) is 3.96. The number of aryl methyl sites for hydroxylation is 1. The predicted octanol–water partition coefficient (Wildman–Crippen LogP) is 1.63. The van der Waals surface area contributed by atoms with Crippen LogP contribution in [0.5, 0.6) is 0 Å². The highest BCUT2D eigenvalue weighted by molar-refractivity contribution is 7.07.